The monoisotopic (exact) mass is 264 g/mol. The first kappa shape index (κ1) is 11.7. The Labute approximate surface area is 110 Å². The molecule has 2 nitrogen and oxygen atoms in total. The van der Waals surface area contributed by atoms with Gasteiger partial charge in [-0.2, -0.15) is 0 Å². The van der Waals surface area contributed by atoms with Gasteiger partial charge in [-0.15, -0.1) is 0 Å². The van der Waals surface area contributed by atoms with Crippen LogP contribution in [0.1, 0.15) is 31.4 Å². The summed E-state index contributed by atoms with van der Waals surface area (Å²) in [5.74, 6) is 0.242. The van der Waals surface area contributed by atoms with Crippen LogP contribution in [0.3, 0.4) is 0 Å². The minimum Gasteiger partial charge on any atom is -0.385 e. The highest BCUT2D eigenvalue weighted by molar-refractivity contribution is 6.35. The van der Waals surface area contributed by atoms with Gasteiger partial charge in [-0.3, -0.25) is 4.98 Å². The molecule has 2 aromatic rings. The summed E-state index contributed by atoms with van der Waals surface area (Å²) in [7, 11) is 0. The zero-order valence-electron chi connectivity index (χ0n) is 10.1. The first-order valence-electron chi connectivity index (χ1n) is 6.23. The molecule has 1 saturated carbocycles. The van der Waals surface area contributed by atoms with E-state index in [-0.39, 0.29) is 5.82 Å². The molecular weight excluding hydrogens is 251 g/mol. The molecule has 0 radical (unpaired) electrons. The maximum absolute atomic E-state index is 14.0. The van der Waals surface area contributed by atoms with Crippen molar-refractivity contribution >= 4 is 28.2 Å². The fourth-order valence-electron chi connectivity index (χ4n) is 2.21. The number of halogens is 2. The molecule has 0 bridgehead atoms. The van der Waals surface area contributed by atoms with E-state index < -0.39 is 0 Å². The predicted molar refractivity (Wildman–Crippen MR) is 72.8 cm³/mol. The topological polar surface area (TPSA) is 24.9 Å². The molecule has 0 atom stereocenters. The predicted octanol–water partition coefficient (Wildman–Crippen LogP) is 4.34. The highest BCUT2D eigenvalue weighted by atomic mass is 35.5. The summed E-state index contributed by atoms with van der Waals surface area (Å²) in [5, 5.41) is 4.20. The summed E-state index contributed by atoms with van der Waals surface area (Å²) in [6.07, 6.45) is 2.33. The normalized spacial score (nSPS) is 15.1. The van der Waals surface area contributed by atoms with Gasteiger partial charge in [0.15, 0.2) is 0 Å². The van der Waals surface area contributed by atoms with E-state index in [1.165, 1.54) is 6.07 Å². The summed E-state index contributed by atoms with van der Waals surface area (Å²) in [6, 6.07) is 4.92. The van der Waals surface area contributed by atoms with E-state index in [2.05, 4.69) is 10.3 Å². The van der Waals surface area contributed by atoms with Crippen molar-refractivity contribution in [1.82, 2.24) is 4.98 Å². The molecule has 0 aliphatic heterocycles. The second kappa shape index (κ2) is 4.39. The van der Waals surface area contributed by atoms with E-state index in [0.29, 0.717) is 21.8 Å². The highest BCUT2D eigenvalue weighted by Crippen LogP contribution is 2.42. The average Bonchev–Trinajstić information content (AvgIpc) is 3.18. The van der Waals surface area contributed by atoms with Gasteiger partial charge in [0.2, 0.25) is 0 Å². The van der Waals surface area contributed by atoms with E-state index >= 15 is 0 Å². The third-order valence-electron chi connectivity index (χ3n) is 3.24. The van der Waals surface area contributed by atoms with Crippen molar-refractivity contribution in [2.45, 2.75) is 25.7 Å². The summed E-state index contributed by atoms with van der Waals surface area (Å²) in [5.41, 5.74) is 2.38. The molecule has 1 aliphatic carbocycles. The smallest absolute Gasteiger partial charge is 0.134 e. The molecule has 1 aromatic heterocycles. The number of anilines is 1. The molecule has 4 heteroatoms. The zero-order valence-corrected chi connectivity index (χ0v) is 10.9. The van der Waals surface area contributed by atoms with E-state index in [1.54, 1.807) is 6.07 Å². The number of fused-ring (bicyclic) bond motifs is 1. The lowest BCUT2D eigenvalue weighted by atomic mass is 10.1. The second-order valence-electron chi connectivity index (χ2n) is 4.65. The molecule has 1 fully saturated rings. The molecule has 0 unspecified atom stereocenters. The molecule has 1 N–H and O–H groups in total. The van der Waals surface area contributed by atoms with Crippen LogP contribution < -0.4 is 5.32 Å². The van der Waals surface area contributed by atoms with E-state index in [9.17, 15) is 4.39 Å². The van der Waals surface area contributed by atoms with Crippen LogP contribution >= 0.6 is 11.6 Å². The van der Waals surface area contributed by atoms with Gasteiger partial charge in [0.1, 0.15) is 5.82 Å². The maximum Gasteiger partial charge on any atom is 0.134 e. The largest absolute Gasteiger partial charge is 0.385 e. The van der Waals surface area contributed by atoms with Crippen molar-refractivity contribution in [2.24, 2.45) is 0 Å². The molecule has 0 spiro atoms. The van der Waals surface area contributed by atoms with Gasteiger partial charge in [-0.25, -0.2) is 4.39 Å². The van der Waals surface area contributed by atoms with Gasteiger partial charge in [0.25, 0.3) is 0 Å². The van der Waals surface area contributed by atoms with Crippen molar-refractivity contribution in [3.8, 4) is 0 Å². The lowest BCUT2D eigenvalue weighted by Crippen LogP contribution is -2.01. The van der Waals surface area contributed by atoms with Gasteiger partial charge in [-0.1, -0.05) is 11.6 Å². The number of benzene rings is 1. The number of pyridine rings is 1. The van der Waals surface area contributed by atoms with Gasteiger partial charge in [0, 0.05) is 23.8 Å². The lowest BCUT2D eigenvalue weighted by molar-refractivity contribution is 0.639. The van der Waals surface area contributed by atoms with Crippen LogP contribution in [-0.2, 0) is 0 Å². The Kier molecular flexibility index (Phi) is 2.86. The SMILES string of the molecule is CCNc1cc(C2CC2)nc2c(Cl)ccc(F)c12. The fourth-order valence-corrected chi connectivity index (χ4v) is 2.41. The fraction of sp³-hybridized carbons (Fsp3) is 0.357. The van der Waals surface area contributed by atoms with E-state index in [1.807, 2.05) is 13.0 Å². The van der Waals surface area contributed by atoms with Gasteiger partial charge in [-0.05, 0) is 38.0 Å². The van der Waals surface area contributed by atoms with Crippen molar-refractivity contribution < 1.29 is 4.39 Å². The molecule has 0 amide bonds. The number of nitrogens with one attached hydrogen (secondary N) is 1. The van der Waals surface area contributed by atoms with Crippen LogP contribution in [0.2, 0.25) is 5.02 Å². The van der Waals surface area contributed by atoms with Crippen molar-refractivity contribution in [3.05, 3.63) is 34.7 Å². The molecule has 0 saturated heterocycles. The standard InChI is InChI=1S/C14H14ClFN2/c1-2-17-12-7-11(8-3-4-8)18-14-9(15)5-6-10(16)13(12)14/h5-8H,2-4H2,1H3,(H,17,18). The van der Waals surface area contributed by atoms with Gasteiger partial charge >= 0.3 is 0 Å². The Morgan fingerprint density at radius 2 is 2.22 bits per heavy atom. The maximum atomic E-state index is 14.0. The highest BCUT2D eigenvalue weighted by Gasteiger charge is 2.26. The second-order valence-corrected chi connectivity index (χ2v) is 5.06. The molecule has 1 aromatic carbocycles. The van der Waals surface area contributed by atoms with Gasteiger partial charge in [0.05, 0.1) is 15.9 Å². The number of nitrogens with zero attached hydrogens (tertiary/aromatic N) is 1. The van der Waals surface area contributed by atoms with Crippen LogP contribution in [0.4, 0.5) is 10.1 Å². The summed E-state index contributed by atoms with van der Waals surface area (Å²) in [6.45, 7) is 2.74. The third kappa shape index (κ3) is 1.93. The Bertz CT molecular complexity index is 608. The van der Waals surface area contributed by atoms with E-state index in [4.69, 9.17) is 11.6 Å². The van der Waals surface area contributed by atoms with E-state index in [0.717, 1.165) is 30.8 Å². The quantitative estimate of drug-likeness (QED) is 0.892. The van der Waals surface area contributed by atoms with Crippen LogP contribution in [-0.4, -0.2) is 11.5 Å². The Hall–Kier alpha value is -1.35. The molecule has 3 rings (SSSR count). The third-order valence-corrected chi connectivity index (χ3v) is 3.55. The summed E-state index contributed by atoms with van der Waals surface area (Å²) < 4.78 is 14.0. The van der Waals surface area contributed by atoms with Crippen LogP contribution in [0.5, 0.6) is 0 Å². The average molecular weight is 265 g/mol. The lowest BCUT2D eigenvalue weighted by Gasteiger charge is -2.12. The number of rotatable bonds is 3. The molecule has 94 valence electrons. The number of hydrogen-bond donors (Lipinski definition) is 1. The van der Waals surface area contributed by atoms with Crippen LogP contribution in [0.15, 0.2) is 18.2 Å². The first-order chi connectivity index (χ1) is 8.70. The molecular formula is C14H14ClFN2. The Morgan fingerprint density at radius 1 is 1.44 bits per heavy atom. The minimum absolute atomic E-state index is 0.278. The molecule has 18 heavy (non-hydrogen) atoms. The van der Waals surface area contributed by atoms with Crippen LogP contribution in [0, 0.1) is 5.82 Å². The summed E-state index contributed by atoms with van der Waals surface area (Å²) in [4.78, 5) is 4.53. The summed E-state index contributed by atoms with van der Waals surface area (Å²) >= 11 is 6.14. The minimum atomic E-state index is -0.278. The number of aromatic nitrogens is 1. The van der Waals surface area contributed by atoms with Crippen molar-refractivity contribution in [3.63, 3.8) is 0 Å². The molecule has 1 heterocycles. The Morgan fingerprint density at radius 3 is 2.89 bits per heavy atom. The molecule has 1 aliphatic rings. The van der Waals surface area contributed by atoms with Crippen molar-refractivity contribution in [2.75, 3.05) is 11.9 Å². The zero-order chi connectivity index (χ0) is 12.7. The van der Waals surface area contributed by atoms with Crippen LogP contribution in [0.25, 0.3) is 10.9 Å². The Balaban J connectivity index is 2.29. The first-order valence-corrected chi connectivity index (χ1v) is 6.61. The van der Waals surface area contributed by atoms with Crippen molar-refractivity contribution in [1.29, 1.82) is 0 Å². The van der Waals surface area contributed by atoms with Gasteiger partial charge < -0.3 is 5.32 Å². The number of hydrogen-bond acceptors (Lipinski definition) is 2.